The van der Waals surface area contributed by atoms with E-state index in [0.717, 1.165) is 44.9 Å². The lowest BCUT2D eigenvalue weighted by molar-refractivity contribution is -0.327. The number of esters is 1. The first-order valence-electron chi connectivity index (χ1n) is 21.3. The van der Waals surface area contributed by atoms with Crippen molar-refractivity contribution in [1.82, 2.24) is 0 Å². The number of carbonyl (C=O) groups is 2. The molecule has 7 aliphatic rings. The molecule has 1 aliphatic heterocycles. The second-order valence-electron chi connectivity index (χ2n) is 20.9. The third kappa shape index (κ3) is 6.40. The van der Waals surface area contributed by atoms with Crippen LogP contribution < -0.4 is 0 Å². The number of carboxylic acid groups (broad SMARTS) is 1. The van der Waals surface area contributed by atoms with Crippen molar-refractivity contribution in [3.63, 3.8) is 0 Å². The van der Waals surface area contributed by atoms with Crippen molar-refractivity contribution >= 4 is 11.9 Å². The summed E-state index contributed by atoms with van der Waals surface area (Å²) in [6, 6.07) is 0. The van der Waals surface area contributed by atoms with E-state index in [1.165, 1.54) is 5.57 Å². The number of carboxylic acids is 1. The summed E-state index contributed by atoms with van der Waals surface area (Å²) < 4.78 is 17.8. The summed E-state index contributed by atoms with van der Waals surface area (Å²) in [6.07, 6.45) is -4.11. The Bertz CT molecular complexity index is 1590. The van der Waals surface area contributed by atoms with E-state index in [-0.39, 0.29) is 52.4 Å². The number of fused-ring (bicyclic) bond motifs is 7. The van der Waals surface area contributed by atoms with Gasteiger partial charge in [-0.3, -0.25) is 4.79 Å². The molecule has 5 saturated carbocycles. The van der Waals surface area contributed by atoms with Crippen molar-refractivity contribution in [1.29, 1.82) is 0 Å². The highest BCUT2D eigenvalue weighted by atomic mass is 16.7. The van der Waals surface area contributed by atoms with Crippen LogP contribution in [0.1, 0.15) is 112 Å². The molecule has 0 aromatic rings. The first kappa shape index (κ1) is 43.4. The Labute approximate surface area is 335 Å². The standard InChI is InChI=1S/C43H68O14/c1-38-13-14-39(2,37(54)55-24-17-21(19-44)28(46)30(48)29(24)47)18-23(38)22-7-8-26-40(3)11-10-27(56-36-33(51)31(49)32(50)34(57-36)35(52)53)41(4,20-45)25(40)9-12-43(26,6)42(22,5)16-15-38/h7,21,23-34,36,44-51H,8-20H2,1-6H3,(H,52,53). The summed E-state index contributed by atoms with van der Waals surface area (Å²) in [5, 5.41) is 93.6. The number of aliphatic hydroxyl groups excluding tert-OH is 8. The predicted molar refractivity (Wildman–Crippen MR) is 203 cm³/mol. The summed E-state index contributed by atoms with van der Waals surface area (Å²) in [5.41, 5.74) is -0.712. The zero-order valence-electron chi connectivity index (χ0n) is 34.4. The average Bonchev–Trinajstić information content (AvgIpc) is 3.16. The molecule has 0 radical (unpaired) electrons. The maximum Gasteiger partial charge on any atom is 0.335 e. The molecular weight excluding hydrogens is 740 g/mol. The van der Waals surface area contributed by atoms with Gasteiger partial charge in [-0.1, -0.05) is 46.3 Å². The fraction of sp³-hybridized carbons (Fsp3) is 0.907. The average molecular weight is 809 g/mol. The molecule has 9 N–H and O–H groups in total. The van der Waals surface area contributed by atoms with Gasteiger partial charge in [-0.15, -0.1) is 0 Å². The highest BCUT2D eigenvalue weighted by molar-refractivity contribution is 5.77. The van der Waals surface area contributed by atoms with E-state index in [1.54, 1.807) is 0 Å². The maximum atomic E-state index is 14.1. The Hall–Kier alpha value is -1.72. The molecule has 0 spiro atoms. The predicted octanol–water partition coefficient (Wildman–Crippen LogP) is 2.04. The third-order valence-electron chi connectivity index (χ3n) is 18.1. The second-order valence-corrected chi connectivity index (χ2v) is 20.9. The molecule has 14 nitrogen and oxygen atoms in total. The van der Waals surface area contributed by atoms with Crippen molar-refractivity contribution in [2.45, 2.75) is 173 Å². The Morgan fingerprint density at radius 1 is 0.789 bits per heavy atom. The number of aliphatic carboxylic acids is 1. The summed E-state index contributed by atoms with van der Waals surface area (Å²) in [6.45, 7) is 12.9. The topological polar surface area (TPSA) is 244 Å². The van der Waals surface area contributed by atoms with Crippen molar-refractivity contribution in [3.8, 4) is 0 Å². The SMILES string of the molecule is CC1(C(=O)OC2CC(CO)C(O)C(O)C2O)CCC2(C)CCC3(C)C(=CCC4C5(C)CCC(OC6OC(C(=O)O)C(O)C(O)C6O)C(C)(CO)C5CCC43C)C2C1. The van der Waals surface area contributed by atoms with E-state index >= 15 is 0 Å². The number of ether oxygens (including phenoxy) is 3. The summed E-state index contributed by atoms with van der Waals surface area (Å²) >= 11 is 0. The van der Waals surface area contributed by atoms with Crippen molar-refractivity contribution < 1.29 is 69.8 Å². The van der Waals surface area contributed by atoms with Gasteiger partial charge < -0.3 is 60.2 Å². The van der Waals surface area contributed by atoms with Gasteiger partial charge in [-0.25, -0.2) is 4.79 Å². The summed E-state index contributed by atoms with van der Waals surface area (Å²) in [4.78, 5) is 25.9. The quantitative estimate of drug-likeness (QED) is 0.102. The van der Waals surface area contributed by atoms with E-state index in [4.69, 9.17) is 14.2 Å². The lowest BCUT2D eigenvalue weighted by Gasteiger charge is -2.71. The molecule has 0 bridgehead atoms. The molecule has 0 aromatic heterocycles. The molecule has 1 saturated heterocycles. The van der Waals surface area contributed by atoms with E-state index in [9.17, 15) is 55.5 Å². The molecule has 0 amide bonds. The molecule has 57 heavy (non-hydrogen) atoms. The van der Waals surface area contributed by atoms with Gasteiger partial charge >= 0.3 is 11.9 Å². The molecule has 6 fully saturated rings. The normalized spacial score (nSPS) is 54.9. The van der Waals surface area contributed by atoms with E-state index < -0.39 is 96.5 Å². The van der Waals surface area contributed by atoms with Crippen LogP contribution in [0.2, 0.25) is 0 Å². The van der Waals surface area contributed by atoms with Crippen LogP contribution in [0, 0.1) is 56.2 Å². The van der Waals surface area contributed by atoms with Crippen LogP contribution in [0.5, 0.6) is 0 Å². The molecule has 7 rings (SSSR count). The third-order valence-corrected chi connectivity index (χ3v) is 18.1. The van der Waals surface area contributed by atoms with Crippen molar-refractivity contribution in [3.05, 3.63) is 11.6 Å². The lowest BCUT2D eigenvalue weighted by Crippen LogP contribution is -2.67. The molecule has 14 heteroatoms. The molecular formula is C43H68O14. The van der Waals surface area contributed by atoms with Gasteiger partial charge in [0, 0.05) is 17.9 Å². The summed E-state index contributed by atoms with van der Waals surface area (Å²) in [7, 11) is 0. The van der Waals surface area contributed by atoms with Gasteiger partial charge in [-0.2, -0.15) is 0 Å². The fourth-order valence-corrected chi connectivity index (χ4v) is 14.0. The van der Waals surface area contributed by atoms with Gasteiger partial charge in [0.25, 0.3) is 0 Å². The minimum absolute atomic E-state index is 0.0119. The molecule has 0 aromatic carbocycles. The maximum absolute atomic E-state index is 14.1. The Balaban J connectivity index is 1.13. The van der Waals surface area contributed by atoms with E-state index in [1.807, 2.05) is 13.8 Å². The molecule has 6 aliphatic carbocycles. The van der Waals surface area contributed by atoms with Gasteiger partial charge in [0.1, 0.15) is 36.6 Å². The first-order valence-corrected chi connectivity index (χ1v) is 21.3. The van der Waals surface area contributed by atoms with Crippen LogP contribution in [0.25, 0.3) is 0 Å². The fourth-order valence-electron chi connectivity index (χ4n) is 14.0. The number of hydrogen-bond acceptors (Lipinski definition) is 13. The van der Waals surface area contributed by atoms with Gasteiger partial charge in [0.15, 0.2) is 12.4 Å². The van der Waals surface area contributed by atoms with Crippen molar-refractivity contribution in [2.24, 2.45) is 56.2 Å². The highest BCUT2D eigenvalue weighted by Gasteiger charge is 2.69. The van der Waals surface area contributed by atoms with Crippen LogP contribution in [0.3, 0.4) is 0 Å². The number of hydrogen-bond donors (Lipinski definition) is 9. The van der Waals surface area contributed by atoms with Crippen molar-refractivity contribution in [2.75, 3.05) is 13.2 Å². The van der Waals surface area contributed by atoms with Crippen LogP contribution in [-0.4, -0.2) is 132 Å². The van der Waals surface area contributed by atoms with Gasteiger partial charge in [0.05, 0.1) is 24.2 Å². The molecule has 20 unspecified atom stereocenters. The zero-order chi connectivity index (χ0) is 41.8. The van der Waals surface area contributed by atoms with Crippen LogP contribution >= 0.6 is 0 Å². The van der Waals surface area contributed by atoms with Crippen LogP contribution in [-0.2, 0) is 23.8 Å². The van der Waals surface area contributed by atoms with Crippen LogP contribution in [0.4, 0.5) is 0 Å². The molecule has 324 valence electrons. The van der Waals surface area contributed by atoms with E-state index in [0.29, 0.717) is 19.3 Å². The minimum Gasteiger partial charge on any atom is -0.479 e. The molecule has 20 atom stereocenters. The Morgan fingerprint density at radius 3 is 2.11 bits per heavy atom. The number of carbonyl (C=O) groups excluding carboxylic acids is 1. The highest BCUT2D eigenvalue weighted by Crippen LogP contribution is 2.76. The summed E-state index contributed by atoms with van der Waals surface area (Å²) in [5.74, 6) is -2.23. The van der Waals surface area contributed by atoms with Gasteiger partial charge in [-0.05, 0) is 117 Å². The van der Waals surface area contributed by atoms with E-state index in [2.05, 4.69) is 33.8 Å². The number of aliphatic hydroxyl groups is 8. The largest absolute Gasteiger partial charge is 0.479 e. The van der Waals surface area contributed by atoms with Gasteiger partial charge in [0.2, 0.25) is 0 Å². The first-order chi connectivity index (χ1) is 26.5. The zero-order valence-corrected chi connectivity index (χ0v) is 34.4. The smallest absolute Gasteiger partial charge is 0.335 e. The van der Waals surface area contributed by atoms with Crippen LogP contribution in [0.15, 0.2) is 11.6 Å². The minimum atomic E-state index is -1.83. The second kappa shape index (κ2) is 14.7. The Kier molecular flexibility index (Phi) is 11.2. The monoisotopic (exact) mass is 808 g/mol. The molecule has 1 heterocycles. The number of rotatable bonds is 7. The Morgan fingerprint density at radius 2 is 1.46 bits per heavy atom. The lowest BCUT2D eigenvalue weighted by atomic mass is 9.33. The number of allylic oxidation sites excluding steroid dienone is 2.